The third-order valence-corrected chi connectivity index (χ3v) is 5.09. The molecule has 1 aliphatic rings. The third-order valence-electron chi connectivity index (χ3n) is 3.41. The fourth-order valence-electron chi connectivity index (χ4n) is 2.04. The third kappa shape index (κ3) is 4.88. The Morgan fingerprint density at radius 1 is 1.33 bits per heavy atom. The van der Waals surface area contributed by atoms with Crippen LogP contribution in [0.2, 0.25) is 0 Å². The molecule has 0 aliphatic carbocycles. The van der Waals surface area contributed by atoms with Gasteiger partial charge in [-0.3, -0.25) is 0 Å². The second-order valence-electron chi connectivity index (χ2n) is 6.39. The highest BCUT2D eigenvalue weighted by atomic mass is 32.2. The van der Waals surface area contributed by atoms with Gasteiger partial charge in [-0.05, 0) is 45.4 Å². The van der Waals surface area contributed by atoms with E-state index in [2.05, 4.69) is 4.72 Å². The van der Waals surface area contributed by atoms with E-state index in [1.165, 1.54) is 0 Å². The second-order valence-corrected chi connectivity index (χ2v) is 8.39. The summed E-state index contributed by atoms with van der Waals surface area (Å²) in [5.41, 5.74) is 1.10. The van der Waals surface area contributed by atoms with Gasteiger partial charge in [0.15, 0.2) is 0 Å². The Morgan fingerprint density at radius 3 is 2.52 bits per heavy atom. The first-order chi connectivity index (χ1) is 9.86. The maximum absolute atomic E-state index is 12.1. The summed E-state index contributed by atoms with van der Waals surface area (Å²) in [6.07, 6.45) is 1.12. The topological polar surface area (TPSA) is 53.5 Å². The highest BCUT2D eigenvalue weighted by Gasteiger charge is 2.28. The normalized spacial score (nSPS) is 22.0. The molecular weight excluding hydrogens is 286 g/mol. The number of hydrogen-bond acceptors (Lipinski definition) is 4. The van der Waals surface area contributed by atoms with E-state index in [1.807, 2.05) is 52.0 Å². The Balaban J connectivity index is 1.91. The molecule has 0 radical (unpaired) electrons. The first-order valence-electron chi connectivity index (χ1n) is 7.38. The van der Waals surface area contributed by atoms with Crippen molar-refractivity contribution in [1.82, 2.24) is 4.72 Å². The molecule has 4 nitrogen and oxygen atoms in total. The fourth-order valence-corrected chi connectivity index (χ4v) is 2.85. The van der Waals surface area contributed by atoms with Gasteiger partial charge in [0.2, 0.25) is 0 Å². The van der Waals surface area contributed by atoms with Crippen molar-refractivity contribution in [3.8, 4) is 5.75 Å². The number of ether oxygens (including phenoxy) is 2. The van der Waals surface area contributed by atoms with Crippen LogP contribution in [0.3, 0.4) is 0 Å². The minimum absolute atomic E-state index is 0.0360. The molecule has 0 bridgehead atoms. The highest BCUT2D eigenvalue weighted by Crippen LogP contribution is 2.23. The molecule has 2 rings (SSSR count). The summed E-state index contributed by atoms with van der Waals surface area (Å²) >= 11 is -1.07. The fraction of sp³-hybridized carbons (Fsp3) is 0.625. The van der Waals surface area contributed by atoms with Gasteiger partial charge in [0, 0.05) is 17.8 Å². The minimum Gasteiger partial charge on any atom is -0.598 e. The smallest absolute Gasteiger partial charge is 0.136 e. The van der Waals surface area contributed by atoms with Crippen molar-refractivity contribution in [2.24, 2.45) is 0 Å². The molecule has 21 heavy (non-hydrogen) atoms. The number of benzene rings is 1. The quantitative estimate of drug-likeness (QED) is 0.849. The monoisotopic (exact) mass is 311 g/mol. The summed E-state index contributed by atoms with van der Waals surface area (Å²) in [6.45, 7) is 9.35. The van der Waals surface area contributed by atoms with Crippen molar-refractivity contribution < 1.29 is 14.0 Å². The first kappa shape index (κ1) is 16.6. The average molecular weight is 311 g/mol. The predicted molar refractivity (Wildman–Crippen MR) is 85.7 cm³/mol. The molecule has 1 saturated heterocycles. The van der Waals surface area contributed by atoms with Crippen molar-refractivity contribution in [3.63, 3.8) is 0 Å². The van der Waals surface area contributed by atoms with E-state index in [4.69, 9.17) is 9.47 Å². The lowest BCUT2D eigenvalue weighted by molar-refractivity contribution is 0.141. The molecule has 5 heteroatoms. The van der Waals surface area contributed by atoms with Gasteiger partial charge in [-0.15, -0.1) is 4.72 Å². The SMILES string of the molecule is C[C@H](N[S+]([O-])C(C)(C)C)c1ccc(O[C@H]2CCOC2)cc1. The Hall–Kier alpha value is -0.750. The molecule has 118 valence electrons. The van der Waals surface area contributed by atoms with Crippen molar-refractivity contribution >= 4 is 11.4 Å². The van der Waals surface area contributed by atoms with Crippen LogP contribution in [0.4, 0.5) is 0 Å². The number of nitrogens with one attached hydrogen (secondary N) is 1. The van der Waals surface area contributed by atoms with Gasteiger partial charge in [0.05, 0.1) is 19.3 Å². The minimum atomic E-state index is -1.07. The zero-order valence-corrected chi connectivity index (χ0v) is 14.0. The van der Waals surface area contributed by atoms with Crippen LogP contribution in [0.5, 0.6) is 5.75 Å². The lowest BCUT2D eigenvalue weighted by Gasteiger charge is -2.26. The van der Waals surface area contributed by atoms with Crippen LogP contribution in [-0.4, -0.2) is 28.6 Å². The molecule has 1 N–H and O–H groups in total. The second kappa shape index (κ2) is 7.01. The van der Waals surface area contributed by atoms with Crippen LogP contribution >= 0.6 is 0 Å². The van der Waals surface area contributed by atoms with Crippen LogP contribution in [0.1, 0.15) is 45.7 Å². The Kier molecular flexibility index (Phi) is 5.54. The zero-order valence-electron chi connectivity index (χ0n) is 13.2. The molecule has 1 fully saturated rings. The molecule has 0 saturated carbocycles. The van der Waals surface area contributed by atoms with Crippen molar-refractivity contribution in [2.75, 3.05) is 13.2 Å². The zero-order chi connectivity index (χ0) is 15.5. The lowest BCUT2D eigenvalue weighted by atomic mass is 10.1. The van der Waals surface area contributed by atoms with Crippen molar-refractivity contribution in [1.29, 1.82) is 0 Å². The molecule has 0 amide bonds. The van der Waals surface area contributed by atoms with Gasteiger partial charge in [-0.2, -0.15) is 0 Å². The van der Waals surface area contributed by atoms with E-state index in [0.717, 1.165) is 24.3 Å². The molecule has 1 unspecified atom stereocenters. The van der Waals surface area contributed by atoms with Crippen LogP contribution in [0, 0.1) is 0 Å². The summed E-state index contributed by atoms with van der Waals surface area (Å²) in [4.78, 5) is 0. The lowest BCUT2D eigenvalue weighted by Crippen LogP contribution is -2.40. The molecular formula is C16H25NO3S. The van der Waals surface area contributed by atoms with Gasteiger partial charge in [-0.1, -0.05) is 12.1 Å². The molecule has 0 aromatic heterocycles. The largest absolute Gasteiger partial charge is 0.598 e. The Bertz CT molecular complexity index is 438. The molecule has 1 aliphatic heterocycles. The molecule has 0 spiro atoms. The van der Waals surface area contributed by atoms with Gasteiger partial charge >= 0.3 is 0 Å². The van der Waals surface area contributed by atoms with Gasteiger partial charge in [0.25, 0.3) is 0 Å². The molecule has 1 heterocycles. The Morgan fingerprint density at radius 2 is 2.00 bits per heavy atom. The van der Waals surface area contributed by atoms with E-state index < -0.39 is 11.4 Å². The van der Waals surface area contributed by atoms with E-state index in [9.17, 15) is 4.55 Å². The van der Waals surface area contributed by atoms with Gasteiger partial charge in [0.1, 0.15) is 16.6 Å². The van der Waals surface area contributed by atoms with Gasteiger partial charge in [-0.25, -0.2) is 0 Å². The highest BCUT2D eigenvalue weighted by molar-refractivity contribution is 7.90. The van der Waals surface area contributed by atoms with Crippen molar-refractivity contribution in [2.45, 2.75) is 51.0 Å². The van der Waals surface area contributed by atoms with E-state index >= 15 is 0 Å². The maximum atomic E-state index is 12.1. The molecule has 1 aromatic carbocycles. The van der Waals surface area contributed by atoms with Crippen LogP contribution in [-0.2, 0) is 16.1 Å². The standard InChI is InChI=1S/C16H25NO3S/c1-12(17-21(18)16(2,3)4)13-5-7-14(8-6-13)20-15-9-10-19-11-15/h5-8,12,15,17H,9-11H2,1-4H3/t12-,15-,21?/m0/s1. The maximum Gasteiger partial charge on any atom is 0.136 e. The van der Waals surface area contributed by atoms with Crippen molar-refractivity contribution in [3.05, 3.63) is 29.8 Å². The van der Waals surface area contributed by atoms with E-state index in [1.54, 1.807) is 0 Å². The van der Waals surface area contributed by atoms with E-state index in [-0.39, 0.29) is 16.9 Å². The number of hydrogen-bond donors (Lipinski definition) is 1. The Labute approximate surface area is 130 Å². The summed E-state index contributed by atoms with van der Waals surface area (Å²) in [7, 11) is 0. The van der Waals surface area contributed by atoms with Crippen LogP contribution < -0.4 is 9.46 Å². The average Bonchev–Trinajstić information content (AvgIpc) is 2.91. The first-order valence-corrected chi connectivity index (χ1v) is 8.53. The van der Waals surface area contributed by atoms with Crippen LogP contribution in [0.25, 0.3) is 0 Å². The summed E-state index contributed by atoms with van der Waals surface area (Å²) < 4.78 is 26.1. The van der Waals surface area contributed by atoms with Crippen LogP contribution in [0.15, 0.2) is 24.3 Å². The molecule has 3 atom stereocenters. The summed E-state index contributed by atoms with van der Waals surface area (Å²) in [5.74, 6) is 0.860. The van der Waals surface area contributed by atoms with Gasteiger partial charge < -0.3 is 14.0 Å². The molecule has 1 aromatic rings. The van der Waals surface area contributed by atoms with E-state index in [0.29, 0.717) is 6.61 Å². The summed E-state index contributed by atoms with van der Waals surface area (Å²) in [6, 6.07) is 8.00. The summed E-state index contributed by atoms with van der Waals surface area (Å²) in [5, 5.41) is 0. The number of rotatable bonds is 5. The predicted octanol–water partition coefficient (Wildman–Crippen LogP) is 2.97.